The van der Waals surface area contributed by atoms with Gasteiger partial charge in [0.25, 0.3) is 0 Å². The van der Waals surface area contributed by atoms with Gasteiger partial charge < -0.3 is 5.32 Å². The number of benzene rings is 1. The summed E-state index contributed by atoms with van der Waals surface area (Å²) < 4.78 is 0. The van der Waals surface area contributed by atoms with Gasteiger partial charge in [-0.25, -0.2) is 0 Å². The Morgan fingerprint density at radius 1 is 1.35 bits per heavy atom. The van der Waals surface area contributed by atoms with Crippen LogP contribution in [0.4, 0.5) is 0 Å². The Hall–Kier alpha value is -1.30. The van der Waals surface area contributed by atoms with Crippen molar-refractivity contribution in [2.45, 2.75) is 30.8 Å². The second-order valence-corrected chi connectivity index (χ2v) is 7.89. The predicted octanol–water partition coefficient (Wildman–Crippen LogP) is 3.40. The summed E-state index contributed by atoms with van der Waals surface area (Å²) >= 11 is 3.45. The maximum atomic E-state index is 12.0. The molecule has 0 saturated carbocycles. The lowest BCUT2D eigenvalue weighted by Gasteiger charge is -2.32. The van der Waals surface area contributed by atoms with Gasteiger partial charge in [0, 0.05) is 35.4 Å². The van der Waals surface area contributed by atoms with E-state index in [0.717, 1.165) is 24.4 Å². The quantitative estimate of drug-likeness (QED) is 0.814. The highest BCUT2D eigenvalue weighted by Gasteiger charge is 2.21. The number of nitrogens with one attached hydrogen (secondary N) is 1. The average Bonchev–Trinajstić information content (AvgIpc) is 3.06. The fraction of sp³-hybridized carbons (Fsp3) is 0.389. The average molecular weight is 347 g/mol. The molecule has 23 heavy (non-hydrogen) atoms. The number of hydrogen-bond acceptors (Lipinski definition) is 4. The van der Waals surface area contributed by atoms with Crippen LogP contribution in [-0.4, -0.2) is 35.7 Å². The molecule has 0 fully saturated rings. The summed E-state index contributed by atoms with van der Waals surface area (Å²) in [7, 11) is 0. The highest BCUT2D eigenvalue weighted by molar-refractivity contribution is 8.00. The van der Waals surface area contributed by atoms with Crippen LogP contribution in [0.1, 0.15) is 17.4 Å². The zero-order valence-electron chi connectivity index (χ0n) is 13.3. The van der Waals surface area contributed by atoms with E-state index in [4.69, 9.17) is 0 Å². The number of amides is 1. The molecule has 1 aromatic heterocycles. The first-order valence-electron chi connectivity index (χ1n) is 7.96. The molecule has 1 aromatic carbocycles. The van der Waals surface area contributed by atoms with Crippen molar-refractivity contribution in [3.63, 3.8) is 0 Å². The first-order valence-corrected chi connectivity index (χ1v) is 9.83. The van der Waals surface area contributed by atoms with Crippen molar-refractivity contribution < 1.29 is 4.79 Å². The molecule has 1 atom stereocenters. The van der Waals surface area contributed by atoms with Crippen LogP contribution >= 0.6 is 23.1 Å². The first kappa shape index (κ1) is 16.6. The van der Waals surface area contributed by atoms with Gasteiger partial charge >= 0.3 is 0 Å². The molecular weight excluding hydrogens is 324 g/mol. The lowest BCUT2D eigenvalue weighted by atomic mass is 10.1. The number of thioether (sulfide) groups is 1. The van der Waals surface area contributed by atoms with Gasteiger partial charge in [-0.15, -0.1) is 23.1 Å². The molecule has 0 saturated heterocycles. The summed E-state index contributed by atoms with van der Waals surface area (Å²) in [5, 5.41) is 5.25. The smallest absolute Gasteiger partial charge is 0.230 e. The number of carbonyl (C=O) groups excluding carboxylic acids is 1. The normalized spacial score (nSPS) is 15.9. The number of nitrogens with zero attached hydrogens (tertiary/aromatic N) is 1. The lowest BCUT2D eigenvalue weighted by Crippen LogP contribution is -2.44. The Labute approximate surface area is 146 Å². The van der Waals surface area contributed by atoms with Crippen molar-refractivity contribution in [3.05, 3.63) is 52.2 Å². The maximum Gasteiger partial charge on any atom is 0.230 e. The number of hydrogen-bond donors (Lipinski definition) is 1. The third kappa shape index (κ3) is 4.59. The van der Waals surface area contributed by atoms with Crippen molar-refractivity contribution in [1.29, 1.82) is 0 Å². The highest BCUT2D eigenvalue weighted by Crippen LogP contribution is 2.25. The fourth-order valence-electron chi connectivity index (χ4n) is 2.75. The van der Waals surface area contributed by atoms with Gasteiger partial charge in [0.05, 0.1) is 5.75 Å². The topological polar surface area (TPSA) is 32.3 Å². The molecule has 1 aliphatic rings. The molecule has 3 rings (SSSR count). The Morgan fingerprint density at radius 2 is 2.17 bits per heavy atom. The van der Waals surface area contributed by atoms with Crippen LogP contribution in [0.15, 0.2) is 46.7 Å². The van der Waals surface area contributed by atoms with E-state index in [-0.39, 0.29) is 5.91 Å². The summed E-state index contributed by atoms with van der Waals surface area (Å²) in [4.78, 5) is 17.1. The van der Waals surface area contributed by atoms with E-state index in [1.807, 2.05) is 41.7 Å². The summed E-state index contributed by atoms with van der Waals surface area (Å²) in [6, 6.07) is 12.7. The molecule has 2 aromatic rings. The van der Waals surface area contributed by atoms with Crippen molar-refractivity contribution in [2.24, 2.45) is 0 Å². The second kappa shape index (κ2) is 7.99. The molecule has 0 radical (unpaired) electrons. The molecule has 0 aliphatic carbocycles. The molecule has 0 spiro atoms. The van der Waals surface area contributed by atoms with Gasteiger partial charge in [-0.1, -0.05) is 18.2 Å². The van der Waals surface area contributed by atoms with E-state index in [2.05, 4.69) is 28.6 Å². The van der Waals surface area contributed by atoms with E-state index < -0.39 is 0 Å². The summed E-state index contributed by atoms with van der Waals surface area (Å²) in [5.74, 6) is 0.588. The largest absolute Gasteiger partial charge is 0.354 e. The predicted molar refractivity (Wildman–Crippen MR) is 98.1 cm³/mol. The molecule has 1 unspecified atom stereocenters. The second-order valence-electron chi connectivity index (χ2n) is 5.84. The van der Waals surface area contributed by atoms with E-state index in [0.29, 0.717) is 18.3 Å². The van der Waals surface area contributed by atoms with Gasteiger partial charge in [-0.2, -0.15) is 0 Å². The molecule has 3 nitrogen and oxygen atoms in total. The van der Waals surface area contributed by atoms with Gasteiger partial charge in [-0.05, 0) is 42.5 Å². The minimum Gasteiger partial charge on any atom is -0.354 e. The third-order valence-corrected chi connectivity index (χ3v) is 6.20. The molecule has 1 aliphatic heterocycles. The Morgan fingerprint density at radius 3 is 3.00 bits per heavy atom. The SMILES string of the molecule is CC(CNC(=O)CSc1ccccc1)N1CCc2sccc2C1. The molecule has 122 valence electrons. The Balaban J connectivity index is 1.40. The summed E-state index contributed by atoms with van der Waals surface area (Å²) in [6.07, 6.45) is 1.13. The lowest BCUT2D eigenvalue weighted by molar-refractivity contribution is -0.118. The number of rotatable bonds is 6. The van der Waals surface area contributed by atoms with Crippen molar-refractivity contribution >= 4 is 29.0 Å². The van der Waals surface area contributed by atoms with Crippen LogP contribution < -0.4 is 5.32 Å². The monoisotopic (exact) mass is 346 g/mol. The van der Waals surface area contributed by atoms with Gasteiger partial charge in [-0.3, -0.25) is 9.69 Å². The van der Waals surface area contributed by atoms with Gasteiger partial charge in [0.1, 0.15) is 0 Å². The maximum absolute atomic E-state index is 12.0. The summed E-state index contributed by atoms with van der Waals surface area (Å²) in [6.45, 7) is 5.01. The van der Waals surface area contributed by atoms with Crippen molar-refractivity contribution in [3.8, 4) is 0 Å². The number of carbonyl (C=O) groups is 1. The zero-order chi connectivity index (χ0) is 16.1. The van der Waals surface area contributed by atoms with Gasteiger partial charge in [0.15, 0.2) is 0 Å². The van der Waals surface area contributed by atoms with E-state index in [1.54, 1.807) is 11.8 Å². The highest BCUT2D eigenvalue weighted by atomic mass is 32.2. The van der Waals surface area contributed by atoms with Crippen LogP contribution in [0.2, 0.25) is 0 Å². The molecule has 1 N–H and O–H groups in total. The van der Waals surface area contributed by atoms with E-state index in [1.165, 1.54) is 10.4 Å². The molecule has 2 heterocycles. The fourth-order valence-corrected chi connectivity index (χ4v) is 4.39. The Kier molecular flexibility index (Phi) is 5.75. The Bertz CT molecular complexity index is 641. The van der Waals surface area contributed by atoms with Crippen LogP contribution in [0, 0.1) is 0 Å². The van der Waals surface area contributed by atoms with Crippen molar-refractivity contribution in [1.82, 2.24) is 10.2 Å². The van der Waals surface area contributed by atoms with Crippen molar-refractivity contribution in [2.75, 3.05) is 18.8 Å². The molecule has 5 heteroatoms. The van der Waals surface area contributed by atoms with Crippen LogP contribution in [0.3, 0.4) is 0 Å². The van der Waals surface area contributed by atoms with Crippen LogP contribution in [0.25, 0.3) is 0 Å². The van der Waals surface area contributed by atoms with E-state index >= 15 is 0 Å². The minimum absolute atomic E-state index is 0.110. The standard InChI is InChI=1S/C18H22N2OS2/c1-14(20-9-7-17-15(12-20)8-10-22-17)11-19-18(21)13-23-16-5-3-2-4-6-16/h2-6,8,10,14H,7,9,11-13H2,1H3,(H,19,21). The van der Waals surface area contributed by atoms with Crippen LogP contribution in [-0.2, 0) is 17.8 Å². The molecule has 0 bridgehead atoms. The summed E-state index contributed by atoms with van der Waals surface area (Å²) in [5.41, 5.74) is 1.46. The molecular formula is C18H22N2OS2. The minimum atomic E-state index is 0.110. The van der Waals surface area contributed by atoms with Gasteiger partial charge in [0.2, 0.25) is 5.91 Å². The first-order chi connectivity index (χ1) is 11.2. The zero-order valence-corrected chi connectivity index (χ0v) is 15.0. The molecule has 1 amide bonds. The third-order valence-electron chi connectivity index (χ3n) is 4.17. The van der Waals surface area contributed by atoms with E-state index in [9.17, 15) is 4.79 Å². The van der Waals surface area contributed by atoms with Crippen LogP contribution in [0.5, 0.6) is 0 Å². The number of fused-ring (bicyclic) bond motifs is 1. The number of thiophene rings is 1.